The van der Waals surface area contributed by atoms with Crippen LogP contribution < -0.4 is 0 Å². The molecule has 0 aromatic carbocycles. The van der Waals surface area contributed by atoms with E-state index in [-0.39, 0.29) is 11.2 Å². The Morgan fingerprint density at radius 3 is 1.80 bits per heavy atom. The van der Waals surface area contributed by atoms with Gasteiger partial charge in [-0.15, -0.1) is 0 Å². The van der Waals surface area contributed by atoms with Gasteiger partial charge in [-0.25, -0.2) is 0 Å². The summed E-state index contributed by atoms with van der Waals surface area (Å²) in [7, 11) is -3.76. The van der Waals surface area contributed by atoms with Crippen LogP contribution in [0.25, 0.3) is 0 Å². The molecule has 0 bridgehead atoms. The molecule has 0 atom stereocenters. The summed E-state index contributed by atoms with van der Waals surface area (Å²) >= 11 is 0. The third-order valence-electron chi connectivity index (χ3n) is 1.11. The van der Waals surface area contributed by atoms with Crippen molar-refractivity contribution in [2.24, 2.45) is 5.41 Å². The summed E-state index contributed by atoms with van der Waals surface area (Å²) in [5.74, 6) is -0.142. The maximum absolute atomic E-state index is 10.2. The molecule has 62 valence electrons. The van der Waals surface area contributed by atoms with Crippen molar-refractivity contribution in [1.29, 1.82) is 0 Å². The molecule has 0 saturated heterocycles. The zero-order valence-electron chi connectivity index (χ0n) is 6.59. The van der Waals surface area contributed by atoms with E-state index in [0.717, 1.165) is 0 Å². The van der Waals surface area contributed by atoms with Crippen molar-refractivity contribution in [2.75, 3.05) is 5.75 Å². The van der Waals surface area contributed by atoms with Crippen LogP contribution in [-0.4, -0.2) is 18.7 Å². The third kappa shape index (κ3) is 7.91. The maximum atomic E-state index is 10.2. The smallest absolute Gasteiger partial charge is 0.264 e. The lowest BCUT2D eigenvalue weighted by molar-refractivity contribution is 0.387. The molecule has 0 aliphatic carbocycles. The molecule has 0 aromatic rings. The predicted molar refractivity (Wildman–Crippen MR) is 40.5 cm³/mol. The Hall–Kier alpha value is -0.0900. The van der Waals surface area contributed by atoms with Gasteiger partial charge in [0.05, 0.1) is 5.75 Å². The molecular weight excluding hydrogens is 152 g/mol. The van der Waals surface area contributed by atoms with Gasteiger partial charge < -0.3 is 0 Å². The van der Waals surface area contributed by atoms with E-state index in [1.54, 1.807) is 0 Å². The first kappa shape index (κ1) is 9.91. The molecule has 0 radical (unpaired) electrons. The zero-order valence-corrected chi connectivity index (χ0v) is 7.40. The summed E-state index contributed by atoms with van der Waals surface area (Å²) in [6.07, 6.45) is 0.492. The third-order valence-corrected chi connectivity index (χ3v) is 1.83. The van der Waals surface area contributed by atoms with E-state index in [2.05, 4.69) is 0 Å². The quantitative estimate of drug-likeness (QED) is 0.629. The molecule has 0 amide bonds. The van der Waals surface area contributed by atoms with Crippen LogP contribution in [0, 0.1) is 5.41 Å². The van der Waals surface area contributed by atoms with Crippen LogP contribution in [-0.2, 0) is 10.1 Å². The van der Waals surface area contributed by atoms with E-state index in [4.69, 9.17) is 4.55 Å². The van der Waals surface area contributed by atoms with Crippen LogP contribution in [0.4, 0.5) is 0 Å². The largest absolute Gasteiger partial charge is 0.286 e. The molecule has 0 aliphatic rings. The molecule has 4 heteroatoms. The lowest BCUT2D eigenvalue weighted by atomic mass is 9.94. The van der Waals surface area contributed by atoms with Gasteiger partial charge in [0.15, 0.2) is 0 Å². The van der Waals surface area contributed by atoms with Crippen molar-refractivity contribution >= 4 is 10.1 Å². The molecule has 0 fully saturated rings. The Bertz CT molecular complexity index is 186. The van der Waals surface area contributed by atoms with E-state index in [0.29, 0.717) is 6.42 Å². The maximum Gasteiger partial charge on any atom is 0.264 e. The van der Waals surface area contributed by atoms with Gasteiger partial charge in [0.1, 0.15) is 0 Å². The number of rotatable bonds is 2. The lowest BCUT2D eigenvalue weighted by Crippen LogP contribution is -2.13. The molecule has 0 aromatic heterocycles. The zero-order chi connectivity index (χ0) is 8.41. The van der Waals surface area contributed by atoms with E-state index in [1.807, 2.05) is 20.8 Å². The molecule has 0 spiro atoms. The van der Waals surface area contributed by atoms with Crippen LogP contribution in [0.3, 0.4) is 0 Å². The molecule has 0 aliphatic heterocycles. The minimum Gasteiger partial charge on any atom is -0.286 e. The molecule has 10 heavy (non-hydrogen) atoms. The Balaban J connectivity index is 3.79. The van der Waals surface area contributed by atoms with Crippen molar-refractivity contribution in [2.45, 2.75) is 27.2 Å². The first-order chi connectivity index (χ1) is 4.21. The standard InChI is InChI=1S/C6H14O3S/c1-6(2,3)4-5-10(7,8)9/h4-5H2,1-3H3,(H,7,8,9). The normalized spacial score (nSPS) is 13.6. The van der Waals surface area contributed by atoms with E-state index in [9.17, 15) is 8.42 Å². The SMILES string of the molecule is CC(C)(C)CCS(=O)(=O)O. The average molecular weight is 166 g/mol. The number of hydrogen-bond acceptors (Lipinski definition) is 2. The highest BCUT2D eigenvalue weighted by molar-refractivity contribution is 7.85. The minimum atomic E-state index is -3.76. The van der Waals surface area contributed by atoms with Gasteiger partial charge in [-0.2, -0.15) is 8.42 Å². The van der Waals surface area contributed by atoms with Crippen molar-refractivity contribution in [3.63, 3.8) is 0 Å². The summed E-state index contributed by atoms with van der Waals surface area (Å²) < 4.78 is 28.8. The first-order valence-corrected chi connectivity index (χ1v) is 4.77. The van der Waals surface area contributed by atoms with E-state index in [1.165, 1.54) is 0 Å². The highest BCUT2D eigenvalue weighted by Gasteiger charge is 2.14. The summed E-state index contributed by atoms with van der Waals surface area (Å²) in [5, 5.41) is 0. The van der Waals surface area contributed by atoms with Gasteiger partial charge in [-0.1, -0.05) is 20.8 Å². The van der Waals surface area contributed by atoms with Crippen LogP contribution in [0.5, 0.6) is 0 Å². The first-order valence-electron chi connectivity index (χ1n) is 3.16. The number of hydrogen-bond donors (Lipinski definition) is 1. The fourth-order valence-corrected chi connectivity index (χ4v) is 1.31. The molecule has 0 heterocycles. The Morgan fingerprint density at radius 2 is 1.70 bits per heavy atom. The fourth-order valence-electron chi connectivity index (χ4n) is 0.435. The van der Waals surface area contributed by atoms with Gasteiger partial charge in [0, 0.05) is 0 Å². The van der Waals surface area contributed by atoms with Crippen molar-refractivity contribution < 1.29 is 13.0 Å². The molecule has 0 rings (SSSR count). The Kier molecular flexibility index (Phi) is 2.86. The second-order valence-electron chi connectivity index (χ2n) is 3.60. The highest BCUT2D eigenvalue weighted by Crippen LogP contribution is 2.18. The van der Waals surface area contributed by atoms with E-state index >= 15 is 0 Å². The monoisotopic (exact) mass is 166 g/mol. The predicted octanol–water partition coefficient (Wildman–Crippen LogP) is 1.31. The molecular formula is C6H14O3S. The minimum absolute atomic E-state index is 0.0319. The molecule has 0 saturated carbocycles. The fraction of sp³-hybridized carbons (Fsp3) is 1.00. The van der Waals surface area contributed by atoms with Gasteiger partial charge >= 0.3 is 0 Å². The summed E-state index contributed by atoms with van der Waals surface area (Å²) in [6, 6.07) is 0. The van der Waals surface area contributed by atoms with Gasteiger partial charge in [0.2, 0.25) is 0 Å². The van der Waals surface area contributed by atoms with Crippen LogP contribution in [0.2, 0.25) is 0 Å². The lowest BCUT2D eigenvalue weighted by Gasteiger charge is -2.15. The Morgan fingerprint density at radius 1 is 1.30 bits per heavy atom. The van der Waals surface area contributed by atoms with Gasteiger partial charge in [-0.3, -0.25) is 4.55 Å². The highest BCUT2D eigenvalue weighted by atomic mass is 32.2. The summed E-state index contributed by atoms with van der Waals surface area (Å²) in [5.41, 5.74) is -0.0319. The van der Waals surface area contributed by atoms with Crippen LogP contribution in [0.1, 0.15) is 27.2 Å². The molecule has 1 N–H and O–H groups in total. The van der Waals surface area contributed by atoms with Crippen molar-refractivity contribution in [1.82, 2.24) is 0 Å². The van der Waals surface area contributed by atoms with Crippen LogP contribution in [0.15, 0.2) is 0 Å². The summed E-state index contributed by atoms with van der Waals surface area (Å²) in [6.45, 7) is 5.79. The second kappa shape index (κ2) is 2.88. The van der Waals surface area contributed by atoms with Gasteiger partial charge in [0.25, 0.3) is 10.1 Å². The van der Waals surface area contributed by atoms with Crippen molar-refractivity contribution in [3.8, 4) is 0 Å². The second-order valence-corrected chi connectivity index (χ2v) is 5.17. The average Bonchev–Trinajstić information content (AvgIpc) is 1.57. The Labute approximate surface area is 62.2 Å². The van der Waals surface area contributed by atoms with Gasteiger partial charge in [-0.05, 0) is 11.8 Å². The van der Waals surface area contributed by atoms with Crippen LogP contribution >= 0.6 is 0 Å². The van der Waals surface area contributed by atoms with Crippen molar-refractivity contribution in [3.05, 3.63) is 0 Å². The molecule has 0 unspecified atom stereocenters. The topological polar surface area (TPSA) is 54.4 Å². The summed E-state index contributed by atoms with van der Waals surface area (Å²) in [4.78, 5) is 0. The molecule has 3 nitrogen and oxygen atoms in total. The van der Waals surface area contributed by atoms with E-state index < -0.39 is 10.1 Å².